The molecule has 2 aromatic carbocycles. The van der Waals surface area contributed by atoms with Crippen LogP contribution in [0.2, 0.25) is 0 Å². The van der Waals surface area contributed by atoms with Crippen molar-refractivity contribution in [3.8, 4) is 23.0 Å². The van der Waals surface area contributed by atoms with Gasteiger partial charge in [-0.3, -0.25) is 9.59 Å². The molecule has 0 fully saturated rings. The first-order chi connectivity index (χ1) is 14.5. The highest BCUT2D eigenvalue weighted by molar-refractivity contribution is 6.12. The molecule has 0 aliphatic rings. The zero-order chi connectivity index (χ0) is 21.7. The molecule has 7 nitrogen and oxygen atoms in total. The topological polar surface area (TPSA) is 84.0 Å². The van der Waals surface area contributed by atoms with Crippen LogP contribution in [-0.2, 0) is 0 Å². The SMILES string of the molecule is COc1ccc(OC)c(C(=O)c2cccc(C(=O)c3cc(OC)ccc3OC)n2)c1. The third-order valence-corrected chi connectivity index (χ3v) is 4.52. The number of carbonyl (C=O) groups excluding carboxylic acids is 2. The molecule has 3 aromatic rings. The zero-order valence-corrected chi connectivity index (χ0v) is 17.1. The standard InChI is InChI=1S/C23H21NO6/c1-27-14-8-10-20(29-3)16(12-14)22(25)18-6-5-7-19(24-18)23(26)17-13-15(28-2)9-11-21(17)30-4/h5-13H,1-4H3. The van der Waals surface area contributed by atoms with Gasteiger partial charge in [-0.1, -0.05) is 6.07 Å². The lowest BCUT2D eigenvalue weighted by Crippen LogP contribution is -2.12. The lowest BCUT2D eigenvalue weighted by molar-refractivity contribution is 0.102. The minimum absolute atomic E-state index is 0.106. The van der Waals surface area contributed by atoms with Gasteiger partial charge in [0.15, 0.2) is 0 Å². The van der Waals surface area contributed by atoms with E-state index in [-0.39, 0.29) is 22.5 Å². The summed E-state index contributed by atoms with van der Waals surface area (Å²) < 4.78 is 21.0. The number of rotatable bonds is 8. The second-order valence-corrected chi connectivity index (χ2v) is 6.20. The summed E-state index contributed by atoms with van der Waals surface area (Å²) in [5.74, 6) is 0.999. The van der Waals surface area contributed by atoms with Gasteiger partial charge >= 0.3 is 0 Å². The van der Waals surface area contributed by atoms with Crippen molar-refractivity contribution in [1.82, 2.24) is 4.98 Å². The van der Waals surface area contributed by atoms with E-state index >= 15 is 0 Å². The highest BCUT2D eigenvalue weighted by atomic mass is 16.5. The van der Waals surface area contributed by atoms with E-state index < -0.39 is 11.6 Å². The predicted molar refractivity (Wildman–Crippen MR) is 110 cm³/mol. The lowest BCUT2D eigenvalue weighted by Gasteiger charge is -2.11. The molecular formula is C23H21NO6. The summed E-state index contributed by atoms with van der Waals surface area (Å²) in [5.41, 5.74) is 0.782. The number of benzene rings is 2. The highest BCUT2D eigenvalue weighted by Crippen LogP contribution is 2.28. The summed E-state index contributed by atoms with van der Waals surface area (Å²) in [6.07, 6.45) is 0. The van der Waals surface area contributed by atoms with E-state index in [1.165, 1.54) is 28.4 Å². The third-order valence-electron chi connectivity index (χ3n) is 4.52. The fourth-order valence-electron chi connectivity index (χ4n) is 2.95. The molecule has 0 aliphatic carbocycles. The number of hydrogen-bond donors (Lipinski definition) is 0. The molecule has 3 rings (SSSR count). The fraction of sp³-hybridized carbons (Fsp3) is 0.174. The number of ether oxygens (including phenoxy) is 4. The zero-order valence-electron chi connectivity index (χ0n) is 17.1. The molecular weight excluding hydrogens is 386 g/mol. The maximum atomic E-state index is 13.1. The Kier molecular flexibility index (Phi) is 6.32. The molecule has 0 aliphatic heterocycles. The number of hydrogen-bond acceptors (Lipinski definition) is 7. The number of ketones is 2. The van der Waals surface area contributed by atoms with Crippen LogP contribution in [0.5, 0.6) is 23.0 Å². The molecule has 1 aromatic heterocycles. The minimum Gasteiger partial charge on any atom is -0.497 e. The van der Waals surface area contributed by atoms with Crippen LogP contribution in [0.15, 0.2) is 54.6 Å². The van der Waals surface area contributed by atoms with E-state index in [2.05, 4.69) is 4.98 Å². The van der Waals surface area contributed by atoms with Crippen LogP contribution >= 0.6 is 0 Å². The smallest absolute Gasteiger partial charge is 0.215 e. The fourth-order valence-corrected chi connectivity index (χ4v) is 2.95. The molecule has 0 atom stereocenters. The van der Waals surface area contributed by atoms with Crippen molar-refractivity contribution in [1.29, 1.82) is 0 Å². The predicted octanol–water partition coefficient (Wildman–Crippen LogP) is 3.58. The molecule has 0 bridgehead atoms. The summed E-state index contributed by atoms with van der Waals surface area (Å²) in [7, 11) is 5.96. The summed E-state index contributed by atoms with van der Waals surface area (Å²) in [5, 5.41) is 0. The van der Waals surface area contributed by atoms with Crippen molar-refractivity contribution >= 4 is 11.6 Å². The number of methoxy groups -OCH3 is 4. The first kappa shape index (κ1) is 20.9. The van der Waals surface area contributed by atoms with Crippen LogP contribution in [0.3, 0.4) is 0 Å². The largest absolute Gasteiger partial charge is 0.497 e. The molecule has 0 unspecified atom stereocenters. The van der Waals surface area contributed by atoms with Gasteiger partial charge in [0.05, 0.1) is 39.6 Å². The van der Waals surface area contributed by atoms with Gasteiger partial charge in [0.1, 0.15) is 34.4 Å². The average Bonchev–Trinajstić information content (AvgIpc) is 2.82. The number of nitrogens with zero attached hydrogens (tertiary/aromatic N) is 1. The van der Waals surface area contributed by atoms with E-state index in [4.69, 9.17) is 18.9 Å². The normalized spacial score (nSPS) is 10.3. The molecule has 154 valence electrons. The first-order valence-electron chi connectivity index (χ1n) is 9.03. The van der Waals surface area contributed by atoms with E-state index in [9.17, 15) is 9.59 Å². The third kappa shape index (κ3) is 4.10. The summed E-state index contributed by atoms with van der Waals surface area (Å²) in [4.78, 5) is 30.4. The second-order valence-electron chi connectivity index (χ2n) is 6.20. The molecule has 0 amide bonds. The van der Waals surface area contributed by atoms with Crippen molar-refractivity contribution in [2.45, 2.75) is 0 Å². The Morgan fingerprint density at radius 3 is 1.43 bits per heavy atom. The molecule has 0 radical (unpaired) electrons. The van der Waals surface area contributed by atoms with Gasteiger partial charge in [-0.15, -0.1) is 0 Å². The van der Waals surface area contributed by atoms with Gasteiger partial charge in [-0.25, -0.2) is 4.98 Å². The Hall–Kier alpha value is -3.87. The van der Waals surface area contributed by atoms with E-state index in [0.29, 0.717) is 23.0 Å². The van der Waals surface area contributed by atoms with Crippen molar-refractivity contribution in [2.24, 2.45) is 0 Å². The van der Waals surface area contributed by atoms with Gasteiger partial charge in [-0.05, 0) is 48.5 Å². The number of aromatic nitrogens is 1. The summed E-state index contributed by atoms with van der Waals surface area (Å²) in [6.45, 7) is 0. The van der Waals surface area contributed by atoms with Crippen molar-refractivity contribution in [3.05, 3.63) is 77.1 Å². The van der Waals surface area contributed by atoms with Gasteiger partial charge in [0.2, 0.25) is 11.6 Å². The van der Waals surface area contributed by atoms with Crippen LogP contribution in [0, 0.1) is 0 Å². The van der Waals surface area contributed by atoms with Crippen molar-refractivity contribution in [2.75, 3.05) is 28.4 Å². The van der Waals surface area contributed by atoms with Gasteiger partial charge in [0.25, 0.3) is 0 Å². The lowest BCUT2D eigenvalue weighted by atomic mass is 10.0. The Labute approximate surface area is 174 Å². The Morgan fingerprint density at radius 1 is 0.633 bits per heavy atom. The number of pyridine rings is 1. The molecule has 0 spiro atoms. The van der Waals surface area contributed by atoms with E-state index in [1.54, 1.807) is 54.6 Å². The summed E-state index contributed by atoms with van der Waals surface area (Å²) in [6, 6.07) is 14.5. The second kappa shape index (κ2) is 9.09. The minimum atomic E-state index is -0.391. The quantitative estimate of drug-likeness (QED) is 0.528. The summed E-state index contributed by atoms with van der Waals surface area (Å²) >= 11 is 0. The first-order valence-corrected chi connectivity index (χ1v) is 9.03. The van der Waals surface area contributed by atoms with Crippen molar-refractivity contribution in [3.63, 3.8) is 0 Å². The van der Waals surface area contributed by atoms with Crippen LogP contribution < -0.4 is 18.9 Å². The van der Waals surface area contributed by atoms with Gasteiger partial charge in [-0.2, -0.15) is 0 Å². The van der Waals surface area contributed by atoms with Crippen LogP contribution in [0.1, 0.15) is 32.1 Å². The van der Waals surface area contributed by atoms with Crippen molar-refractivity contribution < 1.29 is 28.5 Å². The van der Waals surface area contributed by atoms with Crippen LogP contribution in [-0.4, -0.2) is 45.0 Å². The molecule has 30 heavy (non-hydrogen) atoms. The van der Waals surface area contributed by atoms with Crippen LogP contribution in [0.25, 0.3) is 0 Å². The van der Waals surface area contributed by atoms with E-state index in [1.807, 2.05) is 0 Å². The Balaban J connectivity index is 2.01. The van der Waals surface area contributed by atoms with Gasteiger partial charge in [0, 0.05) is 0 Å². The maximum Gasteiger partial charge on any atom is 0.215 e. The van der Waals surface area contributed by atoms with Crippen LogP contribution in [0.4, 0.5) is 0 Å². The molecule has 0 N–H and O–H groups in total. The molecule has 1 heterocycles. The number of carbonyl (C=O) groups is 2. The highest BCUT2D eigenvalue weighted by Gasteiger charge is 2.21. The van der Waals surface area contributed by atoms with E-state index in [0.717, 1.165) is 0 Å². The Bertz CT molecular complexity index is 1010. The molecule has 0 saturated carbocycles. The molecule has 0 saturated heterocycles. The molecule has 7 heteroatoms. The van der Waals surface area contributed by atoms with Gasteiger partial charge < -0.3 is 18.9 Å². The Morgan fingerprint density at radius 2 is 1.07 bits per heavy atom. The average molecular weight is 407 g/mol. The maximum absolute atomic E-state index is 13.1. The monoisotopic (exact) mass is 407 g/mol.